The van der Waals surface area contributed by atoms with Crippen molar-refractivity contribution in [2.24, 2.45) is 47.3 Å². The van der Waals surface area contributed by atoms with Crippen molar-refractivity contribution in [3.63, 3.8) is 0 Å². The van der Waals surface area contributed by atoms with E-state index in [1.165, 1.54) is 0 Å². The van der Waals surface area contributed by atoms with Gasteiger partial charge in [-0.1, -0.05) is 0 Å². The summed E-state index contributed by atoms with van der Waals surface area (Å²) in [7, 11) is 0. The maximum absolute atomic E-state index is 13.1. The summed E-state index contributed by atoms with van der Waals surface area (Å²) in [6.45, 7) is 5.89. The molecule has 6 N–H and O–H groups in total. The van der Waals surface area contributed by atoms with Gasteiger partial charge in [-0.05, 0) is 25.7 Å². The van der Waals surface area contributed by atoms with Crippen molar-refractivity contribution >= 4 is 47.8 Å². The molecule has 2 saturated carbocycles. The summed E-state index contributed by atoms with van der Waals surface area (Å²) in [6.07, 6.45) is -1.81. The molecule has 0 aromatic rings. The Morgan fingerprint density at radius 3 is 0.461 bits per heavy atom. The van der Waals surface area contributed by atoms with E-state index in [-0.39, 0.29) is 159 Å². The van der Waals surface area contributed by atoms with Crippen molar-refractivity contribution in [1.29, 1.82) is 0 Å². The first kappa shape index (κ1) is 80.2. The zero-order chi connectivity index (χ0) is 65.0. The van der Waals surface area contributed by atoms with E-state index in [0.29, 0.717) is 79.3 Å². The van der Waals surface area contributed by atoms with Gasteiger partial charge in [-0.25, -0.2) is 0 Å². The SMILES string of the molecule is O=C(O)C1CC(C(=O)O)C(C(=O)OCCOCCOCCOCCOCCOCCOC(=O)C2CC(C(=O)OCCOCCOCCOCCOCCOCCO)C(C(=O)O)CC2C(=O)O)CC1C(=O)OCCOCCOCCOCCOCCOCCO. The molecule has 2 rings (SSSR count). The summed E-state index contributed by atoms with van der Waals surface area (Å²) in [6, 6.07) is 0. The number of rotatable bonds is 60. The van der Waals surface area contributed by atoms with Crippen molar-refractivity contribution in [2.75, 3.05) is 238 Å². The predicted molar refractivity (Wildman–Crippen MR) is 297 cm³/mol. The van der Waals surface area contributed by atoms with E-state index < -0.39 is 121 Å². The number of carboxylic acids is 4. The third kappa shape index (κ3) is 38.5. The molecule has 8 atom stereocenters. The second kappa shape index (κ2) is 53.7. The maximum atomic E-state index is 13.1. The van der Waals surface area contributed by atoms with Crippen LogP contribution in [0, 0.1) is 47.3 Å². The molecule has 0 amide bonds. The highest BCUT2D eigenvalue weighted by atomic mass is 16.6. The molecule has 2 aliphatic rings. The quantitative estimate of drug-likeness (QED) is 0.0223. The number of hydrogen-bond acceptors (Lipinski definition) is 29. The van der Waals surface area contributed by atoms with E-state index in [4.69, 9.17) is 100 Å². The fraction of sp³-hybridized carbons (Fsp3) is 0.857. The Labute approximate surface area is 516 Å². The van der Waals surface area contributed by atoms with Crippen molar-refractivity contribution in [2.45, 2.75) is 25.7 Å². The van der Waals surface area contributed by atoms with Gasteiger partial charge in [0.1, 0.15) is 26.4 Å². The molecule has 0 spiro atoms. The van der Waals surface area contributed by atoms with Crippen molar-refractivity contribution in [1.82, 2.24) is 0 Å². The molecule has 0 aromatic carbocycles. The first-order valence-corrected chi connectivity index (χ1v) is 29.7. The average Bonchev–Trinajstić information content (AvgIpc) is 1.02. The van der Waals surface area contributed by atoms with Crippen LogP contribution in [0.3, 0.4) is 0 Å². The second-order valence-corrected chi connectivity index (χ2v) is 19.5. The Kier molecular flexibility index (Phi) is 48.4. The molecule has 0 saturated heterocycles. The Balaban J connectivity index is 1.51. The van der Waals surface area contributed by atoms with Gasteiger partial charge in [0.15, 0.2) is 0 Å². The average molecular weight is 1300 g/mol. The Bertz CT molecular complexity index is 1770. The zero-order valence-corrected chi connectivity index (χ0v) is 50.6. The number of carbonyl (C=O) groups excluding carboxylic acids is 4. The van der Waals surface area contributed by atoms with E-state index in [0.717, 1.165) is 0 Å². The molecule has 0 radical (unpaired) electrons. The van der Waals surface area contributed by atoms with Crippen LogP contribution >= 0.6 is 0 Å². The summed E-state index contributed by atoms with van der Waals surface area (Å²) in [5.74, 6) is -20.2. The second-order valence-electron chi connectivity index (χ2n) is 19.5. The van der Waals surface area contributed by atoms with Crippen molar-refractivity contribution in [3.05, 3.63) is 0 Å². The van der Waals surface area contributed by atoms with E-state index in [1.807, 2.05) is 0 Å². The molecule has 89 heavy (non-hydrogen) atoms. The molecule has 33 nitrogen and oxygen atoms in total. The van der Waals surface area contributed by atoms with Crippen LogP contribution in [0.5, 0.6) is 0 Å². The molecule has 0 aromatic heterocycles. The van der Waals surface area contributed by atoms with Gasteiger partial charge in [-0.15, -0.1) is 0 Å². The van der Waals surface area contributed by atoms with Gasteiger partial charge in [0.05, 0.1) is 259 Å². The molecule has 8 unspecified atom stereocenters. The fourth-order valence-corrected chi connectivity index (χ4v) is 8.85. The largest absolute Gasteiger partial charge is 0.481 e. The van der Waals surface area contributed by atoms with Gasteiger partial charge in [0.2, 0.25) is 0 Å². The first-order chi connectivity index (χ1) is 43.2. The van der Waals surface area contributed by atoms with Crippen molar-refractivity contribution < 1.29 is 159 Å². The van der Waals surface area contributed by atoms with Gasteiger partial charge in [-0.3, -0.25) is 38.4 Å². The molecule has 2 aliphatic carbocycles. The van der Waals surface area contributed by atoms with Crippen LogP contribution in [-0.4, -0.2) is 316 Å². The van der Waals surface area contributed by atoms with Crippen LogP contribution in [0.1, 0.15) is 25.7 Å². The van der Waals surface area contributed by atoms with Crippen LogP contribution in [0.4, 0.5) is 0 Å². The molecule has 33 heteroatoms. The lowest BCUT2D eigenvalue weighted by Gasteiger charge is -2.35. The standard InChI is InChI=1S/C56H94O33/c57-1-3-71-5-7-73-9-11-75-13-17-78-21-25-82-29-33-86-53(67)45-39-47(43(51(63)64)37-41(45)49(59)60)55(69)88-35-31-84-27-23-80-19-15-77-16-20-81-24-28-85-32-36-89-56(70)48-40-46(42(50(61)62)38-44(48)52(65)66)54(68)87-34-30-83-26-22-79-18-14-76-12-10-74-8-6-72-4-2-58/h41-48,57-58H,1-40H2,(H,59,60)(H,61,62)(H,63,64)(H,65,66). The summed E-state index contributed by atoms with van der Waals surface area (Å²) in [5.41, 5.74) is 0. The number of aliphatic hydroxyl groups excluding tert-OH is 2. The highest BCUT2D eigenvalue weighted by Crippen LogP contribution is 2.41. The lowest BCUT2D eigenvalue weighted by Crippen LogP contribution is -2.46. The van der Waals surface area contributed by atoms with Crippen LogP contribution in [0.15, 0.2) is 0 Å². The van der Waals surface area contributed by atoms with E-state index in [1.54, 1.807) is 0 Å². The smallest absolute Gasteiger partial charge is 0.309 e. The van der Waals surface area contributed by atoms with Crippen LogP contribution in [0.25, 0.3) is 0 Å². The summed E-state index contributed by atoms with van der Waals surface area (Å²) in [5, 5.41) is 56.7. The van der Waals surface area contributed by atoms with Gasteiger partial charge in [0.25, 0.3) is 0 Å². The molecule has 0 bridgehead atoms. The van der Waals surface area contributed by atoms with E-state index in [9.17, 15) is 58.8 Å². The molecular formula is C56H94O33. The van der Waals surface area contributed by atoms with Crippen LogP contribution in [-0.2, 0) is 128 Å². The topological polar surface area (TPSA) is 433 Å². The van der Waals surface area contributed by atoms with Gasteiger partial charge < -0.3 is 121 Å². The number of aliphatic hydroxyl groups is 2. The number of carboxylic acid groups (broad SMARTS) is 4. The Hall–Kier alpha value is -4.92. The highest BCUT2D eigenvalue weighted by Gasteiger charge is 2.51. The minimum atomic E-state index is -1.42. The fourth-order valence-electron chi connectivity index (χ4n) is 8.85. The molecule has 0 aliphatic heterocycles. The minimum Gasteiger partial charge on any atom is -0.481 e. The summed E-state index contributed by atoms with van der Waals surface area (Å²) in [4.78, 5) is 101. The minimum absolute atomic E-state index is 0.0249. The van der Waals surface area contributed by atoms with Crippen molar-refractivity contribution in [3.8, 4) is 0 Å². The third-order valence-corrected chi connectivity index (χ3v) is 13.3. The highest BCUT2D eigenvalue weighted by molar-refractivity contribution is 5.88. The van der Waals surface area contributed by atoms with E-state index >= 15 is 0 Å². The number of carbonyl (C=O) groups is 8. The predicted octanol–water partition coefficient (Wildman–Crippen LogP) is -1.75. The molecule has 0 heterocycles. The molecule has 2 fully saturated rings. The van der Waals surface area contributed by atoms with Gasteiger partial charge >= 0.3 is 47.8 Å². The number of esters is 4. The molecule has 516 valence electrons. The Morgan fingerprint density at radius 1 is 0.202 bits per heavy atom. The van der Waals surface area contributed by atoms with Gasteiger partial charge in [0, 0.05) is 0 Å². The van der Waals surface area contributed by atoms with Crippen LogP contribution < -0.4 is 0 Å². The maximum Gasteiger partial charge on any atom is 0.309 e. The van der Waals surface area contributed by atoms with E-state index in [2.05, 4.69) is 0 Å². The Morgan fingerprint density at radius 2 is 0.326 bits per heavy atom. The number of hydrogen-bond donors (Lipinski definition) is 6. The monoisotopic (exact) mass is 1290 g/mol. The summed E-state index contributed by atoms with van der Waals surface area (Å²) < 4.78 is 101. The van der Waals surface area contributed by atoms with Gasteiger partial charge in [-0.2, -0.15) is 0 Å². The lowest BCUT2D eigenvalue weighted by atomic mass is 9.68. The normalized spacial score (nSPS) is 20.0. The number of aliphatic carboxylic acids is 4. The van der Waals surface area contributed by atoms with Crippen LogP contribution in [0.2, 0.25) is 0 Å². The number of ether oxygens (including phenoxy) is 19. The summed E-state index contributed by atoms with van der Waals surface area (Å²) >= 11 is 0. The first-order valence-electron chi connectivity index (χ1n) is 29.7. The third-order valence-electron chi connectivity index (χ3n) is 13.3. The molecular weight excluding hydrogens is 1200 g/mol. The zero-order valence-electron chi connectivity index (χ0n) is 50.6. The lowest BCUT2D eigenvalue weighted by molar-refractivity contribution is -0.173.